The Balaban J connectivity index is 2.88. The summed E-state index contributed by atoms with van der Waals surface area (Å²) in [6, 6.07) is 0. The second-order valence-corrected chi connectivity index (χ2v) is 5.69. The van der Waals surface area contributed by atoms with Crippen LogP contribution in [0.15, 0.2) is 0 Å². The fraction of sp³-hybridized carbons (Fsp3) is 0.667. The first-order valence-corrected chi connectivity index (χ1v) is 8.07. The monoisotopic (exact) mass is 226 g/mol. The number of nitrogens with zero attached hydrogens (tertiary/aromatic N) is 3. The lowest BCUT2D eigenvalue weighted by Crippen LogP contribution is -2.84. The van der Waals surface area contributed by atoms with Crippen LogP contribution in [0, 0.1) is 0 Å². The van der Waals surface area contributed by atoms with Gasteiger partial charge >= 0.3 is 21.4 Å². The van der Waals surface area contributed by atoms with E-state index >= 15 is 0 Å². The van der Waals surface area contributed by atoms with Gasteiger partial charge in [-0.25, -0.2) is 0 Å². The smallest absolute Gasteiger partial charge is 0.401 e. The van der Waals surface area contributed by atoms with Crippen molar-refractivity contribution in [3.05, 3.63) is 0 Å². The number of hydrogen-bond acceptors (Lipinski definition) is 6. The van der Waals surface area contributed by atoms with Crippen molar-refractivity contribution >= 4 is 46.5 Å². The molecule has 1 aliphatic rings. The second kappa shape index (κ2) is 4.75. The van der Waals surface area contributed by atoms with Crippen LogP contribution in [-0.4, -0.2) is 67.0 Å². The predicted octanol–water partition coefficient (Wildman–Crippen LogP) is -4.72. The molecular weight excluding hydrogens is 209 g/mol. The molecule has 1 rings (SSSR count). The van der Waals surface area contributed by atoms with Gasteiger partial charge in [-0.15, -0.1) is 6.17 Å². The van der Waals surface area contributed by atoms with Gasteiger partial charge in [0, 0.05) is 0 Å². The van der Waals surface area contributed by atoms with Gasteiger partial charge in [-0.05, 0) is 7.05 Å². The van der Waals surface area contributed by atoms with Crippen LogP contribution in [0.25, 0.3) is 0 Å². The maximum atomic E-state index is 6.07. The van der Waals surface area contributed by atoms with Gasteiger partial charge in [0.1, 0.15) is 0 Å². The Labute approximate surface area is 91.0 Å². The van der Waals surface area contributed by atoms with Crippen LogP contribution in [-0.2, 0) is 0 Å². The number of hydrogen-bond donors (Lipinski definition) is 3. The van der Waals surface area contributed by atoms with Gasteiger partial charge in [-0.2, -0.15) is 0 Å². The largest absolute Gasteiger partial charge is 0.448 e. The molecule has 6 nitrogen and oxygen atoms in total. The second-order valence-electron chi connectivity index (χ2n) is 3.37. The lowest BCUT2D eigenvalue weighted by molar-refractivity contribution is 0.632. The summed E-state index contributed by atoms with van der Waals surface area (Å²) in [6.07, 6.45) is 3.91. The van der Waals surface area contributed by atoms with Crippen LogP contribution < -0.4 is 16.9 Å². The normalized spacial score (nSPS) is 21.5. The summed E-state index contributed by atoms with van der Waals surface area (Å²) < 4.78 is 6.07. The third-order valence-corrected chi connectivity index (χ3v) is 5.21. The summed E-state index contributed by atoms with van der Waals surface area (Å²) in [7, 11) is 0.886. The molecule has 1 aliphatic heterocycles. The maximum absolute atomic E-state index is 6.07. The molecule has 6 N–H and O–H groups in total. The van der Waals surface area contributed by atoms with Crippen LogP contribution in [0.1, 0.15) is 0 Å². The van der Waals surface area contributed by atoms with Crippen molar-refractivity contribution < 1.29 is 0 Å². The Morgan fingerprint density at radius 1 is 1.21 bits per heavy atom. The molecule has 0 aromatic heterocycles. The average molecular weight is 226 g/mol. The van der Waals surface area contributed by atoms with E-state index in [2.05, 4.69) is 17.1 Å². The summed E-state index contributed by atoms with van der Waals surface area (Å²) >= 11 is 0. The molecule has 1 saturated heterocycles. The summed E-state index contributed by atoms with van der Waals surface area (Å²) in [6.45, 7) is 2.17. The number of nitrogens with two attached hydrogens (primary N) is 3. The highest BCUT2D eigenvalue weighted by Crippen LogP contribution is 2.06. The molecule has 1 heterocycles. The Hall–Kier alpha value is 0.0986. The van der Waals surface area contributed by atoms with Crippen LogP contribution in [0.5, 0.6) is 0 Å². The van der Waals surface area contributed by atoms with Crippen molar-refractivity contribution in [1.29, 1.82) is 0 Å². The summed E-state index contributed by atoms with van der Waals surface area (Å²) in [5.41, 5.74) is 18.1. The molecule has 0 bridgehead atoms. The Morgan fingerprint density at radius 2 is 1.79 bits per heavy atom. The molecule has 11 heteroatoms. The van der Waals surface area contributed by atoms with Crippen LogP contribution >= 0.6 is 0 Å². The highest BCUT2D eigenvalue weighted by atomic mass is 28.2. The molecule has 0 aliphatic carbocycles. The molecule has 0 saturated carbocycles. The number of rotatable bonds is 2. The average Bonchev–Trinajstić information content (AvgIpc) is 2.16. The van der Waals surface area contributed by atoms with E-state index in [-0.39, 0.29) is 30.6 Å². The van der Waals surface area contributed by atoms with E-state index in [9.17, 15) is 0 Å². The first kappa shape index (κ1) is 12.2. The molecule has 0 radical (unpaired) electrons. The fourth-order valence-corrected chi connectivity index (χ4v) is 3.87. The minimum absolute atomic E-state index is 0.128. The lowest BCUT2D eigenvalue weighted by Gasteiger charge is -2.48. The van der Waals surface area contributed by atoms with Gasteiger partial charge in [-0.1, -0.05) is 6.55 Å². The summed E-state index contributed by atoms with van der Waals surface area (Å²) in [5, 5.41) is 0. The quantitative estimate of drug-likeness (QED) is 0.410. The highest BCUT2D eigenvalue weighted by Gasteiger charge is 2.45. The van der Waals surface area contributed by atoms with Gasteiger partial charge in [0.25, 0.3) is 0 Å². The minimum Gasteiger partial charge on any atom is -0.448 e. The van der Waals surface area contributed by atoms with Crippen LogP contribution in [0.4, 0.5) is 0 Å². The Bertz CT molecular complexity index is 220. The van der Waals surface area contributed by atoms with E-state index < -0.39 is 9.68 Å². The molecule has 0 unspecified atom stereocenters. The summed E-state index contributed by atoms with van der Waals surface area (Å²) in [4.78, 5) is 0. The zero-order valence-corrected chi connectivity index (χ0v) is 11.4. The predicted molar refractivity (Wildman–Crippen MR) is 69.9 cm³/mol. The Kier molecular flexibility index (Phi) is 4.13. The summed E-state index contributed by atoms with van der Waals surface area (Å²) in [5.74, 6) is 0. The molecule has 0 spiro atoms. The van der Waals surface area contributed by atoms with Crippen LogP contribution in [0.3, 0.4) is 0 Å². The van der Waals surface area contributed by atoms with Crippen molar-refractivity contribution in [2.24, 2.45) is 16.9 Å². The third-order valence-electron chi connectivity index (χ3n) is 2.70. The van der Waals surface area contributed by atoms with Gasteiger partial charge in [0.15, 0.2) is 0 Å². The molecule has 0 amide bonds. The Morgan fingerprint density at radius 3 is 2.21 bits per heavy atom. The maximum Gasteiger partial charge on any atom is 0.401 e. The molecule has 0 aromatic carbocycles. The van der Waals surface area contributed by atoms with Crippen LogP contribution in [0.2, 0.25) is 6.55 Å². The zero-order valence-electron chi connectivity index (χ0n) is 8.80. The van der Waals surface area contributed by atoms with Crippen molar-refractivity contribution in [3.8, 4) is 0 Å². The molecular formula is C3H17B3N6Si2. The van der Waals surface area contributed by atoms with Crippen molar-refractivity contribution in [1.82, 2.24) is 13.5 Å². The van der Waals surface area contributed by atoms with Gasteiger partial charge < -0.3 is 30.4 Å². The standard InChI is InChI=1S/C3H17B3N6Si2/c1-10-4(7)11(13-2)6(9)12(14-3)5(10)8/h13H,2,7-9,14H2,1,3H3. The molecule has 0 atom stereocenters. The third kappa shape index (κ3) is 1.89. The fourth-order valence-electron chi connectivity index (χ4n) is 1.68. The molecule has 1 fully saturated rings. The SMILES string of the molecule is C=[SiH]N1B(N)N(C)B(N)N([SiH2]C)B1N. The van der Waals surface area contributed by atoms with E-state index in [4.69, 9.17) is 16.9 Å². The molecule has 14 heavy (non-hydrogen) atoms. The van der Waals surface area contributed by atoms with E-state index in [1.807, 2.05) is 16.2 Å². The van der Waals surface area contributed by atoms with Crippen molar-refractivity contribution in [3.63, 3.8) is 0 Å². The van der Waals surface area contributed by atoms with E-state index in [0.29, 0.717) is 0 Å². The van der Waals surface area contributed by atoms with Crippen molar-refractivity contribution in [2.75, 3.05) is 7.05 Å². The first-order chi connectivity index (χ1) is 6.54. The highest BCUT2D eigenvalue weighted by molar-refractivity contribution is 6.92. The van der Waals surface area contributed by atoms with Gasteiger partial charge in [0.05, 0.1) is 19.0 Å². The van der Waals surface area contributed by atoms with Gasteiger partial charge in [0.2, 0.25) is 0 Å². The lowest BCUT2D eigenvalue weighted by atomic mass is 9.63. The molecule has 76 valence electrons. The zero-order chi connectivity index (χ0) is 10.9. The van der Waals surface area contributed by atoms with E-state index in [1.165, 1.54) is 0 Å². The van der Waals surface area contributed by atoms with E-state index in [0.717, 1.165) is 0 Å². The van der Waals surface area contributed by atoms with E-state index in [1.54, 1.807) is 0 Å². The minimum atomic E-state index is -0.392. The molecule has 0 aromatic rings. The van der Waals surface area contributed by atoms with Crippen molar-refractivity contribution in [2.45, 2.75) is 6.55 Å². The topological polar surface area (TPSA) is 87.8 Å². The first-order valence-electron chi connectivity index (χ1n) is 4.69. The van der Waals surface area contributed by atoms with Gasteiger partial charge in [-0.3, -0.25) is 0 Å².